The van der Waals surface area contributed by atoms with E-state index in [1.54, 1.807) is 6.92 Å². The van der Waals surface area contributed by atoms with E-state index in [-0.39, 0.29) is 0 Å². The van der Waals surface area contributed by atoms with Crippen LogP contribution in [-0.4, -0.2) is 19.9 Å². The van der Waals surface area contributed by atoms with E-state index in [0.29, 0.717) is 0 Å². The maximum atomic E-state index is 9.60. The van der Waals surface area contributed by atoms with Crippen LogP contribution in [-0.2, 0) is 12.8 Å². The number of hydrogen-bond acceptors (Lipinski definition) is 3. The molecule has 0 saturated heterocycles. The number of hydrogen-bond donors (Lipinski definition) is 1. The molecule has 0 fully saturated rings. The van der Waals surface area contributed by atoms with Crippen molar-refractivity contribution in [3.8, 4) is 5.69 Å². The number of halogens is 1. The van der Waals surface area contributed by atoms with Crippen molar-refractivity contribution < 1.29 is 5.11 Å². The molecule has 1 heterocycles. The number of aryl methyl sites for hydroxylation is 2. The molecule has 2 aromatic rings. The van der Waals surface area contributed by atoms with Gasteiger partial charge in [0.1, 0.15) is 5.82 Å². The molecule has 1 N–H and O–H groups in total. The second kappa shape index (κ2) is 5.84. The Bertz CT molecular complexity index is 578. The van der Waals surface area contributed by atoms with Gasteiger partial charge in [0.15, 0.2) is 5.82 Å². The molecule has 0 saturated carbocycles. The summed E-state index contributed by atoms with van der Waals surface area (Å²) in [6.45, 7) is 5.87. The van der Waals surface area contributed by atoms with Crippen LogP contribution >= 0.6 is 15.9 Å². The van der Waals surface area contributed by atoms with Crippen LogP contribution in [0.4, 0.5) is 0 Å². The molecule has 0 spiro atoms. The van der Waals surface area contributed by atoms with Gasteiger partial charge in [0, 0.05) is 17.3 Å². The molecule has 1 aromatic carbocycles. The SMILES string of the molecule is CCc1nc(CC)n(-c2ccc([C@H](C)O)cc2Br)n1. The van der Waals surface area contributed by atoms with Gasteiger partial charge in [-0.2, -0.15) is 5.10 Å². The zero-order chi connectivity index (χ0) is 14.0. The minimum absolute atomic E-state index is 0.474. The highest BCUT2D eigenvalue weighted by atomic mass is 79.9. The van der Waals surface area contributed by atoms with Crippen LogP contribution in [0.5, 0.6) is 0 Å². The van der Waals surface area contributed by atoms with Crippen LogP contribution in [0.1, 0.15) is 44.1 Å². The van der Waals surface area contributed by atoms with Crippen molar-refractivity contribution in [3.63, 3.8) is 0 Å². The molecule has 4 nitrogen and oxygen atoms in total. The van der Waals surface area contributed by atoms with Crippen LogP contribution in [0.25, 0.3) is 5.69 Å². The van der Waals surface area contributed by atoms with Gasteiger partial charge in [-0.25, -0.2) is 9.67 Å². The number of aromatic nitrogens is 3. The third-order valence-electron chi connectivity index (χ3n) is 3.03. The highest BCUT2D eigenvalue weighted by Crippen LogP contribution is 2.26. The number of nitrogens with zero attached hydrogens (tertiary/aromatic N) is 3. The van der Waals surface area contributed by atoms with Gasteiger partial charge in [0.25, 0.3) is 0 Å². The topological polar surface area (TPSA) is 50.9 Å². The average Bonchev–Trinajstić information content (AvgIpc) is 2.81. The Hall–Kier alpha value is -1.20. The molecule has 0 aliphatic heterocycles. The van der Waals surface area contributed by atoms with Gasteiger partial charge in [-0.3, -0.25) is 0 Å². The number of benzene rings is 1. The Morgan fingerprint density at radius 2 is 2.05 bits per heavy atom. The molecule has 0 unspecified atom stereocenters. The summed E-state index contributed by atoms with van der Waals surface area (Å²) in [5.41, 5.74) is 1.83. The van der Waals surface area contributed by atoms with Gasteiger partial charge in [0.05, 0.1) is 11.8 Å². The largest absolute Gasteiger partial charge is 0.389 e. The first kappa shape index (κ1) is 14.2. The second-order valence-corrected chi connectivity index (χ2v) is 5.30. The molecule has 1 atom stereocenters. The van der Waals surface area contributed by atoms with E-state index in [2.05, 4.69) is 32.9 Å². The molecule has 19 heavy (non-hydrogen) atoms. The highest BCUT2D eigenvalue weighted by molar-refractivity contribution is 9.10. The fourth-order valence-corrected chi connectivity index (χ4v) is 2.48. The third-order valence-corrected chi connectivity index (χ3v) is 3.67. The van der Waals surface area contributed by atoms with E-state index < -0.39 is 6.10 Å². The van der Waals surface area contributed by atoms with Crippen molar-refractivity contribution in [1.82, 2.24) is 14.8 Å². The summed E-state index contributed by atoms with van der Waals surface area (Å²) in [4.78, 5) is 4.50. The average molecular weight is 324 g/mol. The van der Waals surface area contributed by atoms with Crippen LogP contribution in [0.3, 0.4) is 0 Å². The molecule has 102 valence electrons. The molecule has 2 rings (SSSR count). The third kappa shape index (κ3) is 2.87. The van der Waals surface area contributed by atoms with Gasteiger partial charge >= 0.3 is 0 Å². The van der Waals surface area contributed by atoms with Gasteiger partial charge in [0.2, 0.25) is 0 Å². The molecular weight excluding hydrogens is 306 g/mol. The number of aliphatic hydroxyl groups is 1. The minimum atomic E-state index is -0.474. The van der Waals surface area contributed by atoms with E-state index in [9.17, 15) is 5.11 Å². The standard InChI is InChI=1S/C14H18BrN3O/c1-4-13-16-14(5-2)18(17-13)12-7-6-10(9(3)19)8-11(12)15/h6-9,19H,4-5H2,1-3H3/t9-/m0/s1. The molecule has 5 heteroatoms. The lowest BCUT2D eigenvalue weighted by Gasteiger charge is -2.10. The maximum Gasteiger partial charge on any atom is 0.151 e. The van der Waals surface area contributed by atoms with E-state index in [1.807, 2.05) is 29.8 Å². The van der Waals surface area contributed by atoms with Gasteiger partial charge < -0.3 is 5.11 Å². The zero-order valence-corrected chi connectivity index (χ0v) is 13.0. The number of rotatable bonds is 4. The second-order valence-electron chi connectivity index (χ2n) is 4.45. The summed E-state index contributed by atoms with van der Waals surface area (Å²) in [7, 11) is 0. The van der Waals surface area contributed by atoms with Crippen LogP contribution < -0.4 is 0 Å². The van der Waals surface area contributed by atoms with E-state index in [0.717, 1.165) is 40.2 Å². The summed E-state index contributed by atoms with van der Waals surface area (Å²) >= 11 is 3.55. The van der Waals surface area contributed by atoms with Gasteiger partial charge in [-0.15, -0.1) is 0 Å². The van der Waals surface area contributed by atoms with Crippen molar-refractivity contribution in [2.45, 2.75) is 39.7 Å². The fourth-order valence-electron chi connectivity index (χ4n) is 1.92. The van der Waals surface area contributed by atoms with Gasteiger partial charge in [-0.1, -0.05) is 19.9 Å². The molecule has 0 bridgehead atoms. The fraction of sp³-hybridized carbons (Fsp3) is 0.429. The maximum absolute atomic E-state index is 9.60. The van der Waals surface area contributed by atoms with Crippen molar-refractivity contribution in [2.75, 3.05) is 0 Å². The lowest BCUT2D eigenvalue weighted by atomic mass is 10.1. The van der Waals surface area contributed by atoms with Crippen molar-refractivity contribution in [3.05, 3.63) is 39.9 Å². The molecule has 0 aliphatic carbocycles. The first-order valence-electron chi connectivity index (χ1n) is 6.49. The monoisotopic (exact) mass is 323 g/mol. The Morgan fingerprint density at radius 1 is 1.32 bits per heavy atom. The van der Waals surface area contributed by atoms with Crippen LogP contribution in [0.15, 0.2) is 22.7 Å². The summed E-state index contributed by atoms with van der Waals surface area (Å²) in [5, 5.41) is 14.1. The quantitative estimate of drug-likeness (QED) is 0.939. The molecule has 1 aromatic heterocycles. The first-order chi connectivity index (χ1) is 9.06. The Morgan fingerprint density at radius 3 is 2.58 bits per heavy atom. The zero-order valence-electron chi connectivity index (χ0n) is 11.4. The van der Waals surface area contributed by atoms with E-state index >= 15 is 0 Å². The van der Waals surface area contributed by atoms with Gasteiger partial charge in [-0.05, 0) is 40.5 Å². The van der Waals surface area contributed by atoms with Crippen LogP contribution in [0, 0.1) is 0 Å². The summed E-state index contributed by atoms with van der Waals surface area (Å²) < 4.78 is 2.78. The predicted octanol–water partition coefficient (Wildman–Crippen LogP) is 3.21. The summed E-state index contributed by atoms with van der Waals surface area (Å²) in [5.74, 6) is 1.80. The lowest BCUT2D eigenvalue weighted by Crippen LogP contribution is -2.04. The summed E-state index contributed by atoms with van der Waals surface area (Å²) in [6, 6.07) is 5.80. The Labute approximate surface area is 121 Å². The van der Waals surface area contributed by atoms with Crippen LogP contribution in [0.2, 0.25) is 0 Å². The van der Waals surface area contributed by atoms with Crippen molar-refractivity contribution >= 4 is 15.9 Å². The molecular formula is C14H18BrN3O. The Kier molecular flexibility index (Phi) is 4.37. The number of aliphatic hydroxyl groups excluding tert-OH is 1. The summed E-state index contributed by atoms with van der Waals surface area (Å²) in [6.07, 6.45) is 1.18. The van der Waals surface area contributed by atoms with E-state index in [1.165, 1.54) is 0 Å². The smallest absolute Gasteiger partial charge is 0.151 e. The molecule has 0 radical (unpaired) electrons. The molecule has 0 amide bonds. The highest BCUT2D eigenvalue weighted by Gasteiger charge is 2.13. The lowest BCUT2D eigenvalue weighted by molar-refractivity contribution is 0.199. The molecule has 0 aliphatic rings. The Balaban J connectivity index is 2.49. The van der Waals surface area contributed by atoms with E-state index in [4.69, 9.17) is 0 Å². The first-order valence-corrected chi connectivity index (χ1v) is 7.28. The predicted molar refractivity (Wildman–Crippen MR) is 78.4 cm³/mol. The minimum Gasteiger partial charge on any atom is -0.389 e. The normalized spacial score (nSPS) is 12.7. The van der Waals surface area contributed by atoms with Crippen molar-refractivity contribution in [1.29, 1.82) is 0 Å². The van der Waals surface area contributed by atoms with Crippen molar-refractivity contribution in [2.24, 2.45) is 0 Å².